The Kier molecular flexibility index (Phi) is 3.77. The molecule has 0 aliphatic heterocycles. The van der Waals surface area contributed by atoms with Crippen molar-refractivity contribution in [3.63, 3.8) is 0 Å². The fourth-order valence-corrected chi connectivity index (χ4v) is 2.19. The summed E-state index contributed by atoms with van der Waals surface area (Å²) < 4.78 is 26.8. The summed E-state index contributed by atoms with van der Waals surface area (Å²) in [5, 5.41) is 0. The first-order valence-corrected chi connectivity index (χ1v) is 6.65. The molecular formula is C10H11ClO3S. The zero-order valence-corrected chi connectivity index (χ0v) is 9.81. The Labute approximate surface area is 93.7 Å². The van der Waals surface area contributed by atoms with Crippen LogP contribution in [-0.2, 0) is 9.05 Å². The van der Waals surface area contributed by atoms with Crippen LogP contribution >= 0.6 is 10.7 Å². The summed E-state index contributed by atoms with van der Waals surface area (Å²) in [4.78, 5) is 0. The summed E-state index contributed by atoms with van der Waals surface area (Å²) in [6, 6.07) is 7.05. The van der Waals surface area contributed by atoms with E-state index in [9.17, 15) is 8.42 Å². The van der Waals surface area contributed by atoms with Gasteiger partial charge in [0.1, 0.15) is 5.75 Å². The first kappa shape index (κ1) is 12.1. The van der Waals surface area contributed by atoms with Gasteiger partial charge in [-0.05, 0) is 11.6 Å². The highest BCUT2D eigenvalue weighted by molar-refractivity contribution is 8.14. The Morgan fingerprint density at radius 2 is 2.07 bits per heavy atom. The number of rotatable bonds is 4. The molecule has 0 aliphatic carbocycles. The van der Waals surface area contributed by atoms with Crippen LogP contribution in [0.1, 0.15) is 5.56 Å². The zero-order chi connectivity index (χ0) is 11.5. The van der Waals surface area contributed by atoms with Crippen molar-refractivity contribution in [2.45, 2.75) is 0 Å². The zero-order valence-electron chi connectivity index (χ0n) is 8.23. The average molecular weight is 247 g/mol. The molecule has 0 N–H and O–H groups in total. The largest absolute Gasteiger partial charge is 0.496 e. The maximum Gasteiger partial charge on any atom is 0.236 e. The number of methoxy groups -OCH3 is 1. The van der Waals surface area contributed by atoms with E-state index in [-0.39, 0.29) is 5.75 Å². The summed E-state index contributed by atoms with van der Waals surface area (Å²) >= 11 is 0. The number of para-hydroxylation sites is 1. The van der Waals surface area contributed by atoms with Crippen molar-refractivity contribution < 1.29 is 13.2 Å². The van der Waals surface area contributed by atoms with Crippen LogP contribution < -0.4 is 4.74 Å². The standard InChI is InChI=1S/C10H11ClO3S/c1-8(7-15(11,12)13)9-5-3-4-6-10(9)14-2/h3-6H,1,7H2,2H3. The molecule has 3 nitrogen and oxygen atoms in total. The molecule has 0 radical (unpaired) electrons. The summed E-state index contributed by atoms with van der Waals surface area (Å²) in [6.07, 6.45) is 0. The SMILES string of the molecule is C=C(CS(=O)(=O)Cl)c1ccccc1OC. The lowest BCUT2D eigenvalue weighted by Gasteiger charge is -2.09. The molecule has 0 saturated heterocycles. The van der Waals surface area contributed by atoms with Crippen LogP contribution in [0, 0.1) is 0 Å². The van der Waals surface area contributed by atoms with Gasteiger partial charge in [-0.15, -0.1) is 0 Å². The predicted molar refractivity (Wildman–Crippen MR) is 61.7 cm³/mol. The molecule has 0 aromatic heterocycles. The molecule has 1 aromatic carbocycles. The molecule has 0 fully saturated rings. The molecule has 5 heteroatoms. The third-order valence-electron chi connectivity index (χ3n) is 1.83. The van der Waals surface area contributed by atoms with E-state index < -0.39 is 9.05 Å². The van der Waals surface area contributed by atoms with Gasteiger partial charge in [-0.3, -0.25) is 0 Å². The lowest BCUT2D eigenvalue weighted by molar-refractivity contribution is 0.413. The number of benzene rings is 1. The van der Waals surface area contributed by atoms with Gasteiger partial charge in [-0.25, -0.2) is 8.42 Å². The van der Waals surface area contributed by atoms with Gasteiger partial charge in [0.15, 0.2) is 0 Å². The van der Waals surface area contributed by atoms with Crippen molar-refractivity contribution in [2.24, 2.45) is 0 Å². The fourth-order valence-electron chi connectivity index (χ4n) is 1.22. The van der Waals surface area contributed by atoms with Crippen molar-refractivity contribution in [3.05, 3.63) is 36.4 Å². The number of halogens is 1. The molecule has 0 heterocycles. The third-order valence-corrected chi connectivity index (χ3v) is 2.86. The van der Waals surface area contributed by atoms with E-state index in [1.54, 1.807) is 24.3 Å². The molecule has 0 saturated carbocycles. The summed E-state index contributed by atoms with van der Waals surface area (Å²) in [7, 11) is 3.08. The smallest absolute Gasteiger partial charge is 0.236 e. The second kappa shape index (κ2) is 4.68. The lowest BCUT2D eigenvalue weighted by Crippen LogP contribution is -2.01. The molecule has 0 atom stereocenters. The minimum atomic E-state index is -3.58. The molecule has 0 aliphatic rings. The van der Waals surface area contributed by atoms with Crippen LogP contribution in [0.3, 0.4) is 0 Å². The van der Waals surface area contributed by atoms with Crippen molar-refractivity contribution in [2.75, 3.05) is 12.9 Å². The van der Waals surface area contributed by atoms with Crippen molar-refractivity contribution in [1.82, 2.24) is 0 Å². The molecule has 1 rings (SSSR count). The highest BCUT2D eigenvalue weighted by atomic mass is 35.7. The van der Waals surface area contributed by atoms with Gasteiger partial charge < -0.3 is 4.74 Å². The van der Waals surface area contributed by atoms with Crippen LogP contribution in [0.4, 0.5) is 0 Å². The minimum Gasteiger partial charge on any atom is -0.496 e. The van der Waals surface area contributed by atoms with Crippen LogP contribution in [-0.4, -0.2) is 21.3 Å². The van der Waals surface area contributed by atoms with E-state index in [4.69, 9.17) is 15.4 Å². The molecule has 0 amide bonds. The second-order valence-corrected chi connectivity index (χ2v) is 5.76. The van der Waals surface area contributed by atoms with E-state index >= 15 is 0 Å². The maximum absolute atomic E-state index is 10.9. The number of hydrogen-bond donors (Lipinski definition) is 0. The van der Waals surface area contributed by atoms with E-state index in [0.29, 0.717) is 16.9 Å². The summed E-state index contributed by atoms with van der Waals surface area (Å²) in [6.45, 7) is 3.68. The van der Waals surface area contributed by atoms with Crippen LogP contribution in [0.2, 0.25) is 0 Å². The summed E-state index contributed by atoms with van der Waals surface area (Å²) in [5.41, 5.74) is 1.08. The van der Waals surface area contributed by atoms with E-state index in [0.717, 1.165) is 0 Å². The first-order chi connectivity index (χ1) is 6.94. The monoisotopic (exact) mass is 246 g/mol. The van der Waals surface area contributed by atoms with Crippen LogP contribution in [0.25, 0.3) is 5.57 Å². The molecule has 0 bridgehead atoms. The van der Waals surface area contributed by atoms with E-state index in [1.165, 1.54) is 7.11 Å². The van der Waals surface area contributed by atoms with Gasteiger partial charge in [0.2, 0.25) is 9.05 Å². The Morgan fingerprint density at radius 3 is 2.60 bits per heavy atom. The van der Waals surface area contributed by atoms with Crippen molar-refractivity contribution >= 4 is 25.3 Å². The van der Waals surface area contributed by atoms with Crippen LogP contribution in [0.5, 0.6) is 5.75 Å². The lowest BCUT2D eigenvalue weighted by atomic mass is 10.1. The number of ether oxygens (including phenoxy) is 1. The minimum absolute atomic E-state index is 0.283. The van der Waals surface area contributed by atoms with E-state index in [2.05, 4.69) is 6.58 Å². The fraction of sp³-hybridized carbons (Fsp3) is 0.200. The van der Waals surface area contributed by atoms with Crippen molar-refractivity contribution in [1.29, 1.82) is 0 Å². The second-order valence-electron chi connectivity index (χ2n) is 2.99. The quantitative estimate of drug-likeness (QED) is 0.766. The van der Waals surface area contributed by atoms with Gasteiger partial charge in [-0.1, -0.05) is 24.8 Å². The van der Waals surface area contributed by atoms with Crippen LogP contribution in [0.15, 0.2) is 30.8 Å². The van der Waals surface area contributed by atoms with Gasteiger partial charge in [0, 0.05) is 16.2 Å². The molecule has 0 spiro atoms. The Morgan fingerprint density at radius 1 is 1.47 bits per heavy atom. The molecule has 15 heavy (non-hydrogen) atoms. The Hall–Kier alpha value is -1.00. The predicted octanol–water partition coefficient (Wildman–Crippen LogP) is 2.28. The highest BCUT2D eigenvalue weighted by Gasteiger charge is 2.12. The third kappa shape index (κ3) is 3.57. The normalized spacial score (nSPS) is 11.1. The van der Waals surface area contributed by atoms with E-state index in [1.807, 2.05) is 0 Å². The Bertz CT molecular complexity index is 465. The van der Waals surface area contributed by atoms with Crippen molar-refractivity contribution in [3.8, 4) is 5.75 Å². The molecule has 82 valence electrons. The molecular weight excluding hydrogens is 236 g/mol. The first-order valence-electron chi connectivity index (χ1n) is 4.17. The average Bonchev–Trinajstić information content (AvgIpc) is 2.15. The molecule has 0 unspecified atom stereocenters. The van der Waals surface area contributed by atoms with Gasteiger partial charge in [-0.2, -0.15) is 0 Å². The molecule has 1 aromatic rings. The highest BCUT2D eigenvalue weighted by Crippen LogP contribution is 2.25. The number of hydrogen-bond acceptors (Lipinski definition) is 3. The summed E-state index contributed by atoms with van der Waals surface area (Å²) in [5.74, 6) is 0.303. The van der Waals surface area contributed by atoms with Gasteiger partial charge in [0.25, 0.3) is 0 Å². The maximum atomic E-state index is 10.9. The van der Waals surface area contributed by atoms with Gasteiger partial charge >= 0.3 is 0 Å². The van der Waals surface area contributed by atoms with Gasteiger partial charge in [0.05, 0.1) is 12.9 Å². The Balaban J connectivity index is 3.01. The topological polar surface area (TPSA) is 43.4 Å².